The molecule has 0 aromatic heterocycles. The van der Waals surface area contributed by atoms with Gasteiger partial charge in [-0.25, -0.2) is 8.78 Å². The molecule has 0 saturated heterocycles. The molecule has 1 aliphatic rings. The third-order valence-electron chi connectivity index (χ3n) is 5.82. The second-order valence-electron chi connectivity index (χ2n) is 8.42. The van der Waals surface area contributed by atoms with Crippen LogP contribution in [0.5, 0.6) is 5.75 Å². The summed E-state index contributed by atoms with van der Waals surface area (Å²) in [6.45, 7) is 1.57. The normalized spacial score (nSPS) is 19.5. The van der Waals surface area contributed by atoms with Crippen LogP contribution in [-0.4, -0.2) is 12.5 Å². The third kappa shape index (κ3) is 7.48. The number of hydrogen-bond donors (Lipinski definition) is 0. The number of halogens is 7. The fourth-order valence-corrected chi connectivity index (χ4v) is 4.21. The molecule has 186 valence electrons. The van der Waals surface area contributed by atoms with Crippen molar-refractivity contribution in [3.05, 3.63) is 76.9 Å². The van der Waals surface area contributed by atoms with Gasteiger partial charge in [-0.1, -0.05) is 36.4 Å². The van der Waals surface area contributed by atoms with Crippen LogP contribution in [0.3, 0.4) is 0 Å². The average molecular weight is 490 g/mol. The molecular weight excluding hydrogens is 465 g/mol. The van der Waals surface area contributed by atoms with E-state index < -0.39 is 48.4 Å². The Morgan fingerprint density at radius 2 is 1.47 bits per heavy atom. The van der Waals surface area contributed by atoms with E-state index in [1.807, 2.05) is 19.1 Å². The van der Waals surface area contributed by atoms with E-state index >= 15 is 0 Å². The lowest BCUT2D eigenvalue weighted by Gasteiger charge is -2.27. The summed E-state index contributed by atoms with van der Waals surface area (Å²) in [5.41, 5.74) is 1.07. The molecule has 0 bridgehead atoms. The Morgan fingerprint density at radius 3 is 2.00 bits per heavy atom. The standard InChI is InChI=1S/C25H25F7O2/c1-2-3-16-4-8-19(9-5-16)20-10-6-17(7-11-20)15-33-24(28,29)14-18-12-21(26)23(22(27)13-18)34-25(30,31)32/h2-3,6-7,10-13,16,19H,4-5,8-9,14-15H2,1H3/b3-2+. The average Bonchev–Trinajstić information content (AvgIpc) is 2.75. The molecular formula is C25H25F7O2. The van der Waals surface area contributed by atoms with Gasteiger partial charge in [0.2, 0.25) is 5.75 Å². The molecule has 0 unspecified atom stereocenters. The molecule has 0 radical (unpaired) electrons. The molecule has 0 amide bonds. The second-order valence-corrected chi connectivity index (χ2v) is 8.42. The minimum atomic E-state index is -5.32. The zero-order valence-electron chi connectivity index (χ0n) is 18.5. The van der Waals surface area contributed by atoms with Crippen LogP contribution in [0.1, 0.15) is 55.2 Å². The number of benzene rings is 2. The zero-order valence-corrected chi connectivity index (χ0v) is 18.5. The number of rotatable bonds is 8. The van der Waals surface area contributed by atoms with Gasteiger partial charge in [0.1, 0.15) is 0 Å². The van der Waals surface area contributed by atoms with Gasteiger partial charge in [0.25, 0.3) is 0 Å². The minimum absolute atomic E-state index is 0.362. The van der Waals surface area contributed by atoms with Gasteiger partial charge in [-0.05, 0) is 73.3 Å². The molecule has 2 nitrogen and oxygen atoms in total. The van der Waals surface area contributed by atoms with E-state index in [2.05, 4.69) is 21.6 Å². The molecule has 0 heterocycles. The van der Waals surface area contributed by atoms with Gasteiger partial charge in [-0.15, -0.1) is 13.2 Å². The van der Waals surface area contributed by atoms with Crippen LogP contribution in [0, 0.1) is 17.6 Å². The van der Waals surface area contributed by atoms with Crippen LogP contribution in [0.4, 0.5) is 30.7 Å². The number of hydrogen-bond acceptors (Lipinski definition) is 2. The lowest BCUT2D eigenvalue weighted by atomic mass is 9.78. The molecule has 1 saturated carbocycles. The highest BCUT2D eigenvalue weighted by molar-refractivity contribution is 5.32. The summed E-state index contributed by atoms with van der Waals surface area (Å²) in [6, 6.07) is 7.91. The van der Waals surface area contributed by atoms with Gasteiger partial charge in [-0.2, -0.15) is 8.78 Å². The number of ether oxygens (including phenoxy) is 2. The highest BCUT2D eigenvalue weighted by Gasteiger charge is 2.35. The summed E-state index contributed by atoms with van der Waals surface area (Å²) in [4.78, 5) is 0. The van der Waals surface area contributed by atoms with Crippen molar-refractivity contribution in [1.29, 1.82) is 0 Å². The summed E-state index contributed by atoms with van der Waals surface area (Å²) in [5, 5.41) is 0. The van der Waals surface area contributed by atoms with Crippen LogP contribution >= 0.6 is 0 Å². The maximum absolute atomic E-state index is 14.2. The van der Waals surface area contributed by atoms with E-state index in [0.29, 0.717) is 29.5 Å². The maximum atomic E-state index is 14.2. The Hall–Kier alpha value is -2.55. The molecule has 0 spiro atoms. The fraction of sp³-hybridized carbons (Fsp3) is 0.440. The third-order valence-corrected chi connectivity index (χ3v) is 5.82. The van der Waals surface area contributed by atoms with Crippen molar-refractivity contribution in [2.45, 2.75) is 64.0 Å². The summed E-state index contributed by atoms with van der Waals surface area (Å²) in [5.74, 6) is -4.15. The van der Waals surface area contributed by atoms with E-state index in [1.165, 1.54) is 0 Å². The van der Waals surface area contributed by atoms with Crippen LogP contribution < -0.4 is 4.74 Å². The lowest BCUT2D eigenvalue weighted by molar-refractivity contribution is -0.276. The smallest absolute Gasteiger partial charge is 0.399 e. The van der Waals surface area contributed by atoms with Crippen molar-refractivity contribution < 1.29 is 40.2 Å². The summed E-state index contributed by atoms with van der Waals surface area (Å²) in [7, 11) is 0. The first-order valence-corrected chi connectivity index (χ1v) is 10.9. The second kappa shape index (κ2) is 10.8. The van der Waals surface area contributed by atoms with Crippen LogP contribution in [0.15, 0.2) is 48.6 Å². The Bertz CT molecular complexity index is 953. The Morgan fingerprint density at radius 1 is 0.882 bits per heavy atom. The summed E-state index contributed by atoms with van der Waals surface area (Å²) < 4.78 is 100. The van der Waals surface area contributed by atoms with E-state index in [4.69, 9.17) is 0 Å². The molecule has 0 atom stereocenters. The van der Waals surface area contributed by atoms with E-state index in [0.717, 1.165) is 31.2 Å². The van der Waals surface area contributed by atoms with Crippen molar-refractivity contribution in [3.63, 3.8) is 0 Å². The van der Waals surface area contributed by atoms with Crippen molar-refractivity contribution in [3.8, 4) is 5.75 Å². The number of allylic oxidation sites excluding steroid dienone is 2. The molecule has 3 rings (SSSR count). The largest absolute Gasteiger partial charge is 0.573 e. The number of alkyl halides is 5. The van der Waals surface area contributed by atoms with Gasteiger partial charge in [0.05, 0.1) is 13.0 Å². The predicted molar refractivity (Wildman–Crippen MR) is 112 cm³/mol. The first-order chi connectivity index (χ1) is 16.0. The highest BCUT2D eigenvalue weighted by atomic mass is 19.4. The molecule has 2 aromatic rings. The van der Waals surface area contributed by atoms with Crippen molar-refractivity contribution in [1.82, 2.24) is 0 Å². The maximum Gasteiger partial charge on any atom is 0.573 e. The van der Waals surface area contributed by atoms with Gasteiger partial charge >= 0.3 is 12.5 Å². The first kappa shape index (κ1) is 26.1. The zero-order chi connectivity index (χ0) is 24.9. The molecule has 0 aliphatic heterocycles. The van der Waals surface area contributed by atoms with Crippen molar-refractivity contribution in [2.24, 2.45) is 5.92 Å². The molecule has 2 aromatic carbocycles. The van der Waals surface area contributed by atoms with Gasteiger partial charge in [0, 0.05) is 0 Å². The monoisotopic (exact) mass is 490 g/mol. The summed E-state index contributed by atoms with van der Waals surface area (Å²) >= 11 is 0. The lowest BCUT2D eigenvalue weighted by Crippen LogP contribution is -2.24. The molecule has 1 fully saturated rings. The Labute approximate surface area is 193 Å². The molecule has 1 aliphatic carbocycles. The van der Waals surface area contributed by atoms with E-state index in [1.54, 1.807) is 12.1 Å². The van der Waals surface area contributed by atoms with E-state index in [9.17, 15) is 30.7 Å². The Balaban J connectivity index is 1.56. The SMILES string of the molecule is C/C=C/C1CCC(c2ccc(COC(F)(F)Cc3cc(F)c(OC(F)(F)F)c(F)c3)cc2)CC1. The Kier molecular flexibility index (Phi) is 8.28. The van der Waals surface area contributed by atoms with Crippen molar-refractivity contribution >= 4 is 0 Å². The summed E-state index contributed by atoms with van der Waals surface area (Å²) in [6.07, 6.45) is -1.71. The van der Waals surface area contributed by atoms with Crippen LogP contribution in [0.2, 0.25) is 0 Å². The minimum Gasteiger partial charge on any atom is -0.399 e. The fourth-order valence-electron chi connectivity index (χ4n) is 4.21. The predicted octanol–water partition coefficient (Wildman–Crippen LogP) is 8.07. The molecule has 34 heavy (non-hydrogen) atoms. The van der Waals surface area contributed by atoms with Crippen molar-refractivity contribution in [2.75, 3.05) is 0 Å². The molecule has 9 heteroatoms. The first-order valence-electron chi connectivity index (χ1n) is 10.9. The van der Waals surface area contributed by atoms with Crippen LogP contribution in [-0.2, 0) is 17.8 Å². The van der Waals surface area contributed by atoms with E-state index in [-0.39, 0.29) is 0 Å². The van der Waals surface area contributed by atoms with Gasteiger partial charge < -0.3 is 9.47 Å². The molecule has 0 N–H and O–H groups in total. The van der Waals surface area contributed by atoms with Gasteiger partial charge in [-0.3, -0.25) is 0 Å². The highest BCUT2D eigenvalue weighted by Crippen LogP contribution is 2.36. The van der Waals surface area contributed by atoms with Crippen LogP contribution in [0.25, 0.3) is 0 Å². The van der Waals surface area contributed by atoms with Gasteiger partial charge in [0.15, 0.2) is 11.6 Å². The topological polar surface area (TPSA) is 18.5 Å². The quantitative estimate of drug-likeness (QED) is 0.275.